The lowest BCUT2D eigenvalue weighted by Gasteiger charge is -2.26. The highest BCUT2D eigenvalue weighted by Crippen LogP contribution is 2.28. The molecule has 0 unspecified atom stereocenters. The molecule has 3 nitrogen and oxygen atoms in total. The minimum absolute atomic E-state index is 0.0318. The Morgan fingerprint density at radius 3 is 2.90 bits per heavy atom. The molecule has 7 heteroatoms. The molecule has 1 aromatic rings. The van der Waals surface area contributed by atoms with Gasteiger partial charge in [-0.2, -0.15) is 0 Å². The monoisotopic (exact) mass is 428 g/mol. The van der Waals surface area contributed by atoms with Crippen LogP contribution in [0.5, 0.6) is 0 Å². The topological polar surface area (TPSA) is 36.3 Å². The van der Waals surface area contributed by atoms with Gasteiger partial charge in [0.15, 0.2) is 0 Å². The summed E-state index contributed by atoms with van der Waals surface area (Å²) in [4.78, 5) is 5.54. The second-order valence-electron chi connectivity index (χ2n) is 4.24. The Labute approximate surface area is 140 Å². The molecule has 2 rings (SSSR count). The van der Waals surface area contributed by atoms with Crippen LogP contribution < -0.4 is 0 Å². The predicted octanol–water partition coefficient (Wildman–Crippen LogP) is 4.61. The second-order valence-corrected chi connectivity index (χ2v) is 6.41. The van der Waals surface area contributed by atoms with Gasteiger partial charge in [-0.1, -0.05) is 29.3 Å². The van der Waals surface area contributed by atoms with Gasteiger partial charge in [0.1, 0.15) is 11.7 Å². The average molecular weight is 429 g/mol. The molecule has 1 N–H and O–H groups in total. The van der Waals surface area contributed by atoms with Crippen molar-refractivity contribution in [3.8, 4) is 0 Å². The van der Waals surface area contributed by atoms with Crippen molar-refractivity contribution in [2.24, 2.45) is 0 Å². The Morgan fingerprint density at radius 1 is 1.40 bits per heavy atom. The van der Waals surface area contributed by atoms with Gasteiger partial charge in [0.2, 0.25) is 0 Å². The van der Waals surface area contributed by atoms with E-state index in [0.717, 1.165) is 3.58 Å². The Balaban J connectivity index is 1.95. The highest BCUT2D eigenvalue weighted by Gasteiger charge is 2.17. The first-order valence-corrected chi connectivity index (χ1v) is 7.77. The van der Waals surface area contributed by atoms with Gasteiger partial charge < -0.3 is 0 Å². The summed E-state index contributed by atoms with van der Waals surface area (Å²) >= 11 is 14.1. The zero-order chi connectivity index (χ0) is 14.7. The van der Waals surface area contributed by atoms with Gasteiger partial charge in [-0.05, 0) is 40.3 Å². The Hall–Kier alpha value is -0.370. The maximum atomic E-state index is 13.4. The second kappa shape index (κ2) is 7.06. The fourth-order valence-electron chi connectivity index (χ4n) is 1.79. The Bertz CT molecular complexity index is 566. The SMILES string of the molecule is N=C1CC=C(I)CN1OCCc1c(Cl)ccc(F)c1Cl. The number of hydroxylamine groups is 2. The summed E-state index contributed by atoms with van der Waals surface area (Å²) in [6, 6.07) is 2.72. The van der Waals surface area contributed by atoms with E-state index >= 15 is 0 Å². The lowest BCUT2D eigenvalue weighted by molar-refractivity contribution is -0.0935. The van der Waals surface area contributed by atoms with Crippen molar-refractivity contribution in [2.45, 2.75) is 12.8 Å². The van der Waals surface area contributed by atoms with Crippen LogP contribution in [0.1, 0.15) is 12.0 Å². The predicted molar refractivity (Wildman–Crippen MR) is 87.2 cm³/mol. The normalized spacial score (nSPS) is 15.5. The van der Waals surface area contributed by atoms with Crippen LogP contribution in [0.25, 0.3) is 0 Å². The lowest BCUT2D eigenvalue weighted by Crippen LogP contribution is -2.34. The van der Waals surface area contributed by atoms with Crippen molar-refractivity contribution in [1.29, 1.82) is 5.41 Å². The Morgan fingerprint density at radius 2 is 2.15 bits per heavy atom. The number of benzene rings is 1. The minimum Gasteiger partial charge on any atom is -0.286 e. The van der Waals surface area contributed by atoms with E-state index in [1.807, 2.05) is 6.08 Å². The highest BCUT2D eigenvalue weighted by atomic mass is 127. The molecule has 108 valence electrons. The largest absolute Gasteiger partial charge is 0.286 e. The van der Waals surface area contributed by atoms with Crippen molar-refractivity contribution >= 4 is 51.6 Å². The molecule has 0 saturated carbocycles. The van der Waals surface area contributed by atoms with E-state index < -0.39 is 5.82 Å². The number of halogens is 4. The molecule has 1 aromatic carbocycles. The van der Waals surface area contributed by atoms with E-state index in [1.54, 1.807) is 0 Å². The summed E-state index contributed by atoms with van der Waals surface area (Å²) in [6.07, 6.45) is 2.93. The number of nitrogens with one attached hydrogen (secondary N) is 1. The number of rotatable bonds is 4. The zero-order valence-electron chi connectivity index (χ0n) is 10.4. The van der Waals surface area contributed by atoms with Gasteiger partial charge in [0.05, 0.1) is 18.2 Å². The molecule has 0 aliphatic carbocycles. The third-order valence-corrected chi connectivity index (χ3v) is 4.40. The van der Waals surface area contributed by atoms with Crippen molar-refractivity contribution < 1.29 is 9.23 Å². The molecule has 0 radical (unpaired) electrons. The van der Waals surface area contributed by atoms with Crippen molar-refractivity contribution in [3.05, 3.63) is 43.2 Å². The molecule has 0 spiro atoms. The summed E-state index contributed by atoms with van der Waals surface area (Å²) in [5.41, 5.74) is 0.530. The number of hydrogen-bond acceptors (Lipinski definition) is 2. The van der Waals surface area contributed by atoms with Crippen LogP contribution >= 0.6 is 45.8 Å². The molecule has 1 aliphatic rings. The maximum Gasteiger partial charge on any atom is 0.142 e. The van der Waals surface area contributed by atoms with Gasteiger partial charge in [-0.25, -0.2) is 9.45 Å². The fourth-order valence-corrected chi connectivity index (χ4v) is 2.88. The quantitative estimate of drug-likeness (QED) is 0.561. The summed E-state index contributed by atoms with van der Waals surface area (Å²) < 4.78 is 14.5. The molecular formula is C13H12Cl2FIN2O. The maximum absolute atomic E-state index is 13.4. The minimum atomic E-state index is -0.491. The molecule has 0 fully saturated rings. The Kier molecular flexibility index (Phi) is 5.65. The fraction of sp³-hybridized carbons (Fsp3) is 0.308. The first-order chi connectivity index (χ1) is 9.49. The average Bonchev–Trinajstić information content (AvgIpc) is 2.42. The van der Waals surface area contributed by atoms with Gasteiger partial charge in [-0.15, -0.1) is 0 Å². The van der Waals surface area contributed by atoms with E-state index in [-0.39, 0.29) is 11.6 Å². The molecule has 1 aliphatic heterocycles. The molecule has 1 heterocycles. The van der Waals surface area contributed by atoms with Crippen molar-refractivity contribution in [3.63, 3.8) is 0 Å². The van der Waals surface area contributed by atoms with Crippen LogP contribution in [0.3, 0.4) is 0 Å². The lowest BCUT2D eigenvalue weighted by atomic mass is 10.1. The van der Waals surface area contributed by atoms with Crippen molar-refractivity contribution in [2.75, 3.05) is 13.2 Å². The third kappa shape index (κ3) is 3.84. The zero-order valence-corrected chi connectivity index (χ0v) is 14.1. The van der Waals surface area contributed by atoms with Crippen LogP contribution in [0, 0.1) is 11.2 Å². The van der Waals surface area contributed by atoms with E-state index in [0.29, 0.717) is 35.8 Å². The molecule has 0 aromatic heterocycles. The summed E-state index contributed by atoms with van der Waals surface area (Å²) in [7, 11) is 0. The van der Waals surface area contributed by atoms with Crippen LogP contribution in [-0.2, 0) is 11.3 Å². The van der Waals surface area contributed by atoms with E-state index in [2.05, 4.69) is 22.6 Å². The van der Waals surface area contributed by atoms with Crippen LogP contribution in [-0.4, -0.2) is 24.1 Å². The standard InChI is InChI=1S/C13H12Cl2FIN2O/c14-10-2-3-11(16)13(15)9(10)5-6-20-19-7-8(17)1-4-12(19)18/h1-3,18H,4-7H2. The van der Waals surface area contributed by atoms with E-state index in [1.165, 1.54) is 17.2 Å². The van der Waals surface area contributed by atoms with Gasteiger partial charge in [0, 0.05) is 21.4 Å². The van der Waals surface area contributed by atoms with E-state index in [4.69, 9.17) is 33.4 Å². The summed E-state index contributed by atoms with van der Waals surface area (Å²) in [6.45, 7) is 0.846. The van der Waals surface area contributed by atoms with Crippen LogP contribution in [0.4, 0.5) is 4.39 Å². The summed E-state index contributed by atoms with van der Waals surface area (Å²) in [5, 5.41) is 9.76. The van der Waals surface area contributed by atoms with Crippen molar-refractivity contribution in [1.82, 2.24) is 5.06 Å². The number of amidine groups is 1. The number of nitrogens with zero attached hydrogens (tertiary/aromatic N) is 1. The van der Waals surface area contributed by atoms with Gasteiger partial charge >= 0.3 is 0 Å². The molecule has 20 heavy (non-hydrogen) atoms. The first kappa shape index (κ1) is 16.0. The van der Waals surface area contributed by atoms with Gasteiger partial charge in [-0.3, -0.25) is 10.2 Å². The third-order valence-electron chi connectivity index (χ3n) is 2.85. The number of hydrogen-bond donors (Lipinski definition) is 1. The smallest absolute Gasteiger partial charge is 0.142 e. The first-order valence-electron chi connectivity index (χ1n) is 5.94. The molecule has 0 amide bonds. The summed E-state index contributed by atoms with van der Waals surface area (Å²) in [5.74, 6) is -0.0869. The molecule has 0 saturated heterocycles. The molecular weight excluding hydrogens is 417 g/mol. The molecule has 0 bridgehead atoms. The molecule has 0 atom stereocenters. The van der Waals surface area contributed by atoms with Crippen LogP contribution in [0.2, 0.25) is 10.0 Å². The highest BCUT2D eigenvalue weighted by molar-refractivity contribution is 14.1. The van der Waals surface area contributed by atoms with Gasteiger partial charge in [0.25, 0.3) is 0 Å². The van der Waals surface area contributed by atoms with Crippen LogP contribution in [0.15, 0.2) is 21.8 Å². The van der Waals surface area contributed by atoms with E-state index in [9.17, 15) is 4.39 Å².